The molecule has 1 aromatic rings. The average molecular weight is 198 g/mol. The molecule has 0 saturated carbocycles. The van der Waals surface area contributed by atoms with E-state index in [0.717, 1.165) is 0 Å². The van der Waals surface area contributed by atoms with E-state index in [-0.39, 0.29) is 32.1 Å². The van der Waals surface area contributed by atoms with Gasteiger partial charge in [-0.1, -0.05) is 30.3 Å². The second-order valence-corrected chi connectivity index (χ2v) is 3.95. The maximum absolute atomic E-state index is 10.5. The van der Waals surface area contributed by atoms with Crippen molar-refractivity contribution < 1.29 is 17.2 Å². The summed E-state index contributed by atoms with van der Waals surface area (Å²) in [5.41, 5.74) is 0.667. The maximum Gasteiger partial charge on any atom is 2.00 e. The second-order valence-electron chi connectivity index (χ2n) is 2.31. The molecule has 0 aliphatic carbocycles. The van der Waals surface area contributed by atoms with E-state index in [1.807, 2.05) is 6.07 Å². The van der Waals surface area contributed by atoms with Crippen LogP contribution in [-0.2, 0) is 10.7 Å². The van der Waals surface area contributed by atoms with Gasteiger partial charge in [0.1, 0.15) is 0 Å². The van der Waals surface area contributed by atoms with Crippen molar-refractivity contribution in [2.24, 2.45) is 0 Å². The monoisotopic (exact) mass is 198 g/mol. The van der Waals surface area contributed by atoms with Crippen LogP contribution in [0.2, 0.25) is 0 Å². The van der Waals surface area contributed by atoms with Gasteiger partial charge in [0.05, 0.1) is 6.16 Å². The first kappa shape index (κ1) is 12.1. The molecule has 0 aliphatic heterocycles. The van der Waals surface area contributed by atoms with Gasteiger partial charge in [-0.3, -0.25) is 4.57 Å². The summed E-state index contributed by atoms with van der Waals surface area (Å²) in [6, 6.07) is 8.71. The summed E-state index contributed by atoms with van der Waals surface area (Å²) in [5.74, 6) is 0. The molecule has 64 valence electrons. The largest absolute Gasteiger partial charge is 2.00 e. The van der Waals surface area contributed by atoms with Gasteiger partial charge in [0, 0.05) is 0 Å². The molecular formula is C7H11MgO3P. The van der Waals surface area contributed by atoms with Crippen molar-refractivity contribution in [3.63, 3.8) is 0 Å². The van der Waals surface area contributed by atoms with Crippen molar-refractivity contribution in [2.75, 3.05) is 0 Å². The Morgan fingerprint density at radius 1 is 1.25 bits per heavy atom. The first-order valence-electron chi connectivity index (χ1n) is 3.16. The molecular weight excluding hydrogens is 187 g/mol. The van der Waals surface area contributed by atoms with Crippen LogP contribution >= 0.6 is 7.60 Å². The van der Waals surface area contributed by atoms with Crippen LogP contribution in [0.15, 0.2) is 30.3 Å². The van der Waals surface area contributed by atoms with Crippen molar-refractivity contribution in [2.45, 2.75) is 6.16 Å². The molecule has 0 saturated heterocycles. The van der Waals surface area contributed by atoms with E-state index in [2.05, 4.69) is 0 Å². The normalized spacial score (nSPS) is 10.5. The van der Waals surface area contributed by atoms with Crippen LogP contribution in [0.3, 0.4) is 0 Å². The Kier molecular flexibility index (Phi) is 5.05. The van der Waals surface area contributed by atoms with Crippen LogP contribution in [0.5, 0.6) is 0 Å². The van der Waals surface area contributed by atoms with Gasteiger partial charge in [-0.25, -0.2) is 0 Å². The Labute approximate surface area is 90.1 Å². The summed E-state index contributed by atoms with van der Waals surface area (Å²) in [5, 5.41) is 0. The average Bonchev–Trinajstić information content (AvgIpc) is 1.85. The number of hydrogen-bond donors (Lipinski definition) is 2. The van der Waals surface area contributed by atoms with Crippen LogP contribution in [0.1, 0.15) is 8.42 Å². The predicted molar refractivity (Wildman–Crippen MR) is 50.2 cm³/mol. The maximum atomic E-state index is 10.5. The molecule has 0 amide bonds. The molecule has 0 aromatic heterocycles. The minimum Gasteiger partial charge on any atom is -1.00 e. The minimum atomic E-state index is -3.89. The number of rotatable bonds is 2. The Balaban J connectivity index is -0.000000403. The fourth-order valence-electron chi connectivity index (χ4n) is 0.821. The van der Waals surface area contributed by atoms with Gasteiger partial charge in [0.25, 0.3) is 0 Å². The SMILES string of the molecule is O=P(O)(O)Cc1ccccc1.[H-].[H-].[Mg+2]. The van der Waals surface area contributed by atoms with Crippen LogP contribution in [0.25, 0.3) is 0 Å². The Hall–Kier alpha value is 0.136. The third-order valence-electron chi connectivity index (χ3n) is 1.23. The van der Waals surface area contributed by atoms with Crippen molar-refractivity contribution in [3.8, 4) is 0 Å². The fourth-order valence-corrected chi connectivity index (χ4v) is 1.51. The summed E-state index contributed by atoms with van der Waals surface area (Å²) in [6.07, 6.45) is -0.173. The van der Waals surface area contributed by atoms with Gasteiger partial charge < -0.3 is 12.6 Å². The third-order valence-corrected chi connectivity index (χ3v) is 2.01. The second kappa shape index (κ2) is 4.99. The smallest absolute Gasteiger partial charge is 1.00 e. The fraction of sp³-hybridized carbons (Fsp3) is 0.143. The molecule has 0 bridgehead atoms. The van der Waals surface area contributed by atoms with E-state index in [0.29, 0.717) is 5.56 Å². The van der Waals surface area contributed by atoms with Crippen LogP contribution in [0, 0.1) is 0 Å². The molecule has 0 heterocycles. The molecule has 12 heavy (non-hydrogen) atoms. The molecule has 0 unspecified atom stereocenters. The van der Waals surface area contributed by atoms with E-state index in [1.165, 1.54) is 0 Å². The van der Waals surface area contributed by atoms with Crippen molar-refractivity contribution >= 4 is 30.6 Å². The van der Waals surface area contributed by atoms with Crippen molar-refractivity contribution in [1.82, 2.24) is 0 Å². The van der Waals surface area contributed by atoms with E-state index < -0.39 is 7.60 Å². The number of benzene rings is 1. The van der Waals surface area contributed by atoms with Crippen LogP contribution in [0.4, 0.5) is 0 Å². The number of hydrogen-bond acceptors (Lipinski definition) is 1. The minimum absolute atomic E-state index is 0. The van der Waals surface area contributed by atoms with E-state index in [9.17, 15) is 4.57 Å². The quantitative estimate of drug-likeness (QED) is 0.555. The van der Waals surface area contributed by atoms with E-state index >= 15 is 0 Å². The molecule has 0 radical (unpaired) electrons. The molecule has 0 fully saturated rings. The van der Waals surface area contributed by atoms with Crippen LogP contribution < -0.4 is 0 Å². The molecule has 0 spiro atoms. The Morgan fingerprint density at radius 2 is 1.75 bits per heavy atom. The molecule has 3 nitrogen and oxygen atoms in total. The van der Waals surface area contributed by atoms with Gasteiger partial charge in [-0.15, -0.1) is 0 Å². The van der Waals surface area contributed by atoms with Crippen molar-refractivity contribution in [1.29, 1.82) is 0 Å². The third kappa shape index (κ3) is 4.90. The van der Waals surface area contributed by atoms with Gasteiger partial charge in [0.15, 0.2) is 0 Å². The summed E-state index contributed by atoms with van der Waals surface area (Å²) in [6.45, 7) is 0. The summed E-state index contributed by atoms with van der Waals surface area (Å²) in [7, 11) is -3.89. The van der Waals surface area contributed by atoms with Gasteiger partial charge in [-0.2, -0.15) is 0 Å². The van der Waals surface area contributed by atoms with Crippen molar-refractivity contribution in [3.05, 3.63) is 35.9 Å². The first-order valence-corrected chi connectivity index (χ1v) is 4.96. The molecule has 1 rings (SSSR count). The molecule has 1 aromatic carbocycles. The molecule has 0 aliphatic rings. The van der Waals surface area contributed by atoms with Gasteiger partial charge in [-0.05, 0) is 5.56 Å². The summed E-state index contributed by atoms with van der Waals surface area (Å²) in [4.78, 5) is 17.2. The van der Waals surface area contributed by atoms with E-state index in [4.69, 9.17) is 9.79 Å². The molecule has 0 atom stereocenters. The zero-order valence-electron chi connectivity index (χ0n) is 8.55. The predicted octanol–water partition coefficient (Wildman–Crippen LogP) is 1.21. The molecule has 2 N–H and O–H groups in total. The van der Waals surface area contributed by atoms with E-state index in [1.54, 1.807) is 24.3 Å². The zero-order chi connectivity index (χ0) is 8.32. The van der Waals surface area contributed by atoms with Gasteiger partial charge >= 0.3 is 30.6 Å². The zero-order valence-corrected chi connectivity index (χ0v) is 8.86. The standard InChI is InChI=1S/C7H9O3P.Mg.2H/c8-11(9,10)6-7-4-2-1-3-5-7;;;/h1-5H,6H2,(H2,8,9,10);;;/q;+2;2*-1. The Morgan fingerprint density at radius 3 is 2.17 bits per heavy atom. The Bertz CT molecular complexity index is 278. The topological polar surface area (TPSA) is 57.5 Å². The summed E-state index contributed by atoms with van der Waals surface area (Å²) < 4.78 is 10.5. The van der Waals surface area contributed by atoms with Gasteiger partial charge in [0.2, 0.25) is 0 Å². The summed E-state index contributed by atoms with van der Waals surface area (Å²) >= 11 is 0. The van der Waals surface area contributed by atoms with Crippen LogP contribution in [-0.4, -0.2) is 32.8 Å². The molecule has 5 heteroatoms. The first-order chi connectivity index (χ1) is 5.08.